The molecule has 0 aromatic carbocycles. The molecule has 0 amide bonds. The summed E-state index contributed by atoms with van der Waals surface area (Å²) < 4.78 is 30.3. The Morgan fingerprint density at radius 3 is 2.22 bits per heavy atom. The van der Waals surface area contributed by atoms with Gasteiger partial charge in [0.25, 0.3) is 0 Å². The molecule has 7 nitrogen and oxygen atoms in total. The van der Waals surface area contributed by atoms with E-state index in [0.29, 0.717) is 63.9 Å². The quantitative estimate of drug-likeness (QED) is 0.0352. The zero-order chi connectivity index (χ0) is 48.5. The Balaban J connectivity index is 0.867. The lowest BCUT2D eigenvalue weighted by atomic mass is 9.47. The van der Waals surface area contributed by atoms with E-state index >= 15 is 0 Å². The molecule has 0 radical (unpaired) electrons. The van der Waals surface area contributed by atoms with Crippen molar-refractivity contribution in [2.24, 2.45) is 46.3 Å². The maximum Gasteiger partial charge on any atom is 0.306 e. The van der Waals surface area contributed by atoms with E-state index in [1.165, 1.54) is 128 Å². The summed E-state index contributed by atoms with van der Waals surface area (Å²) in [6.45, 7) is 23.4. The molecule has 68 heavy (non-hydrogen) atoms. The number of likely N-dealkylation sites (tertiary alicyclic amines) is 1. The van der Waals surface area contributed by atoms with Crippen molar-refractivity contribution >= 4 is 5.97 Å². The maximum atomic E-state index is 13.0. The zero-order valence-electron chi connectivity index (χ0n) is 45.4. The number of ether oxygens (including phenoxy) is 5. The molecule has 1 aliphatic heterocycles. The van der Waals surface area contributed by atoms with Crippen LogP contribution in [0.15, 0.2) is 36.0 Å². The van der Waals surface area contributed by atoms with Gasteiger partial charge in [0.2, 0.25) is 0 Å². The van der Waals surface area contributed by atoms with Crippen LogP contribution >= 0.6 is 0 Å². The molecule has 10 atom stereocenters. The van der Waals surface area contributed by atoms with E-state index in [0.717, 1.165) is 87.3 Å². The maximum absolute atomic E-state index is 13.0. The number of fused-ring (bicyclic) bond motifs is 5. The normalized spacial score (nSPS) is 29.4. The van der Waals surface area contributed by atoms with Crippen molar-refractivity contribution in [3.63, 3.8) is 0 Å². The number of esters is 1. The molecule has 4 fully saturated rings. The third-order valence-electron chi connectivity index (χ3n) is 18.1. The molecular formula is C61H107NO6. The Kier molecular flexibility index (Phi) is 26.9. The van der Waals surface area contributed by atoms with E-state index in [9.17, 15) is 4.79 Å². The number of allylic oxidation sites excluding steroid dienone is 5. The van der Waals surface area contributed by atoms with Crippen molar-refractivity contribution in [2.75, 3.05) is 59.3 Å². The van der Waals surface area contributed by atoms with Gasteiger partial charge in [-0.2, -0.15) is 0 Å². The Morgan fingerprint density at radius 1 is 0.750 bits per heavy atom. The van der Waals surface area contributed by atoms with Gasteiger partial charge in [0.15, 0.2) is 0 Å². The largest absolute Gasteiger partial charge is 0.462 e. The van der Waals surface area contributed by atoms with Crippen LogP contribution in [0.1, 0.15) is 222 Å². The van der Waals surface area contributed by atoms with Crippen LogP contribution in [0.4, 0.5) is 0 Å². The van der Waals surface area contributed by atoms with Crippen molar-refractivity contribution in [3.8, 4) is 0 Å². The van der Waals surface area contributed by atoms with E-state index in [-0.39, 0.29) is 23.6 Å². The second-order valence-electron chi connectivity index (χ2n) is 23.6. The van der Waals surface area contributed by atoms with Gasteiger partial charge >= 0.3 is 5.97 Å². The summed E-state index contributed by atoms with van der Waals surface area (Å²) in [6, 6.07) is 0.613. The van der Waals surface area contributed by atoms with E-state index < -0.39 is 0 Å². The minimum Gasteiger partial charge on any atom is -0.462 e. The lowest BCUT2D eigenvalue weighted by Crippen LogP contribution is -2.51. The second kappa shape index (κ2) is 31.8. The molecule has 1 saturated heterocycles. The number of hydrogen-bond donors (Lipinski definition) is 0. The highest BCUT2D eigenvalue weighted by Gasteiger charge is 2.59. The molecule has 7 heteroatoms. The van der Waals surface area contributed by atoms with Crippen molar-refractivity contribution in [1.29, 1.82) is 0 Å². The van der Waals surface area contributed by atoms with Crippen molar-refractivity contribution in [3.05, 3.63) is 36.0 Å². The molecule has 3 saturated carbocycles. The molecule has 0 spiro atoms. The molecule has 5 aliphatic rings. The van der Waals surface area contributed by atoms with Gasteiger partial charge in [-0.25, -0.2) is 0 Å². The fourth-order valence-electron chi connectivity index (χ4n) is 14.0. The number of hydrogen-bond acceptors (Lipinski definition) is 7. The monoisotopic (exact) mass is 950 g/mol. The van der Waals surface area contributed by atoms with Gasteiger partial charge in [0.05, 0.1) is 39.1 Å². The van der Waals surface area contributed by atoms with Gasteiger partial charge in [0, 0.05) is 38.6 Å². The molecule has 1 heterocycles. The van der Waals surface area contributed by atoms with Crippen molar-refractivity contribution in [2.45, 2.75) is 240 Å². The lowest BCUT2D eigenvalue weighted by molar-refractivity contribution is -0.152. The van der Waals surface area contributed by atoms with E-state index in [4.69, 9.17) is 23.7 Å². The Labute approximate surface area is 419 Å². The van der Waals surface area contributed by atoms with Crippen LogP contribution in [0.2, 0.25) is 0 Å². The highest BCUT2D eigenvalue weighted by molar-refractivity contribution is 5.69. The number of carbonyl (C=O) groups excluding carboxylic acids is 1. The van der Waals surface area contributed by atoms with Crippen LogP contribution in [-0.2, 0) is 28.5 Å². The number of nitrogens with zero attached hydrogens (tertiary/aromatic N) is 1. The van der Waals surface area contributed by atoms with Crippen LogP contribution in [0.5, 0.6) is 0 Å². The van der Waals surface area contributed by atoms with Gasteiger partial charge in [-0.1, -0.05) is 135 Å². The second-order valence-corrected chi connectivity index (χ2v) is 23.6. The van der Waals surface area contributed by atoms with Gasteiger partial charge < -0.3 is 23.7 Å². The third kappa shape index (κ3) is 18.8. The highest BCUT2D eigenvalue weighted by Crippen LogP contribution is 2.67. The van der Waals surface area contributed by atoms with Crippen LogP contribution in [0, 0.1) is 46.3 Å². The minimum atomic E-state index is -0.0683. The van der Waals surface area contributed by atoms with Crippen LogP contribution in [0.25, 0.3) is 0 Å². The topological polar surface area (TPSA) is 66.5 Å². The Morgan fingerprint density at radius 2 is 1.47 bits per heavy atom. The average Bonchev–Trinajstić information content (AvgIpc) is 3.90. The number of carbonyl (C=O) groups is 1. The first-order chi connectivity index (χ1) is 33.0. The summed E-state index contributed by atoms with van der Waals surface area (Å²) in [5.74, 6) is 5.01. The predicted octanol–water partition coefficient (Wildman–Crippen LogP) is 15.5. The smallest absolute Gasteiger partial charge is 0.306 e. The SMILES string of the molecule is CCCCC/C=C\C/C=C\CCCCCCCCOCC(CN1CCCC1C)OCCOCCOCCCC(=O)O[C@H]1CC[C@@]2(C)C(=CC[C@H]3[C@@H]4CC[C@H]([C@H](C)CCCC(C)C)[C@@]4(C)CC[C@@H]32)C1. The van der Waals surface area contributed by atoms with E-state index in [1.54, 1.807) is 5.57 Å². The molecule has 0 bridgehead atoms. The highest BCUT2D eigenvalue weighted by atomic mass is 16.6. The van der Waals surface area contributed by atoms with Crippen molar-refractivity contribution < 1.29 is 28.5 Å². The van der Waals surface area contributed by atoms with Crippen LogP contribution < -0.4 is 0 Å². The zero-order valence-corrected chi connectivity index (χ0v) is 45.4. The Hall–Kier alpha value is -1.51. The molecule has 0 N–H and O–H groups in total. The van der Waals surface area contributed by atoms with Gasteiger partial charge in [-0.05, 0) is 163 Å². The predicted molar refractivity (Wildman–Crippen MR) is 284 cm³/mol. The number of unbranched alkanes of at least 4 members (excludes halogenated alkanes) is 9. The van der Waals surface area contributed by atoms with Gasteiger partial charge in [0.1, 0.15) is 6.10 Å². The molecule has 5 rings (SSSR count). The molecule has 2 unspecified atom stereocenters. The summed E-state index contributed by atoms with van der Waals surface area (Å²) in [7, 11) is 0. The molecule has 4 aliphatic carbocycles. The molecule has 0 aromatic rings. The fourth-order valence-corrected chi connectivity index (χ4v) is 14.0. The summed E-state index contributed by atoms with van der Waals surface area (Å²) in [6.07, 6.45) is 45.0. The summed E-state index contributed by atoms with van der Waals surface area (Å²) in [4.78, 5) is 15.5. The van der Waals surface area contributed by atoms with Gasteiger partial charge in [-0.3, -0.25) is 9.69 Å². The third-order valence-corrected chi connectivity index (χ3v) is 18.1. The summed E-state index contributed by atoms with van der Waals surface area (Å²) in [5, 5.41) is 0. The van der Waals surface area contributed by atoms with Crippen molar-refractivity contribution in [1.82, 2.24) is 4.90 Å². The minimum absolute atomic E-state index is 0.0249. The van der Waals surface area contributed by atoms with E-state index in [2.05, 4.69) is 83.7 Å². The fraction of sp³-hybridized carbons (Fsp3) is 0.885. The number of rotatable bonds is 36. The molecular weight excluding hydrogens is 843 g/mol. The average molecular weight is 951 g/mol. The first kappa shape index (κ1) is 57.4. The Bertz CT molecular complexity index is 1460. The van der Waals surface area contributed by atoms with Crippen LogP contribution in [-0.4, -0.2) is 88.5 Å². The first-order valence-electron chi connectivity index (χ1n) is 29.3. The summed E-state index contributed by atoms with van der Waals surface area (Å²) in [5.41, 5.74) is 2.40. The molecule has 392 valence electrons. The standard InChI is InChI=1S/C61H107NO6/c1-8-9-10-11-12-13-14-15-16-17-18-19-20-21-22-23-40-66-48-54(47-62-39-25-29-51(62)5)67-45-44-65-43-42-64-41-26-30-59(63)68-53-35-37-60(6)52(46-53)31-32-55-57-34-33-56(50(4)28-24-27-49(2)3)61(57,7)38-36-58(55)60/h12-13,15-16,31,49-51,53-58H,8-11,14,17-30,32-48H2,1-7H3/b13-12-,16-15-/t50-,51?,53+,54?,55+,56-,57+,58+,60+,61-/m1/s1. The molecule has 0 aromatic heterocycles. The lowest BCUT2D eigenvalue weighted by Gasteiger charge is -2.58. The van der Waals surface area contributed by atoms with Gasteiger partial charge in [-0.15, -0.1) is 0 Å². The van der Waals surface area contributed by atoms with E-state index in [1.807, 2.05) is 0 Å². The first-order valence-corrected chi connectivity index (χ1v) is 29.3. The summed E-state index contributed by atoms with van der Waals surface area (Å²) >= 11 is 0. The van der Waals surface area contributed by atoms with Crippen LogP contribution in [0.3, 0.4) is 0 Å².